The Bertz CT molecular complexity index is 501. The fourth-order valence-corrected chi connectivity index (χ4v) is 3.64. The highest BCUT2D eigenvalue weighted by Crippen LogP contribution is 2.42. The maximum absolute atomic E-state index is 10.8. The zero-order valence-electron chi connectivity index (χ0n) is 9.85. The third-order valence-corrected chi connectivity index (χ3v) is 5.01. The molecule has 2 nitrogen and oxygen atoms in total. The first-order valence-electron chi connectivity index (χ1n) is 6.03. The van der Waals surface area contributed by atoms with Crippen molar-refractivity contribution in [1.82, 2.24) is 0 Å². The van der Waals surface area contributed by atoms with Crippen LogP contribution in [-0.4, -0.2) is 16.1 Å². The second-order valence-corrected chi connectivity index (χ2v) is 6.14. The minimum atomic E-state index is -0.804. The Morgan fingerprint density at radius 1 is 1.41 bits per heavy atom. The van der Waals surface area contributed by atoms with Gasteiger partial charge in [0.25, 0.3) is 0 Å². The van der Waals surface area contributed by atoms with Gasteiger partial charge in [-0.15, -0.1) is 0 Å². The minimum Gasteiger partial charge on any atom is -0.458 e. The normalized spacial score (nSPS) is 29.6. The molecule has 90 valence electrons. The summed E-state index contributed by atoms with van der Waals surface area (Å²) in [5, 5.41) is 12.1. The molecule has 2 aromatic rings. The first-order valence-corrected chi connectivity index (χ1v) is 7.08. The summed E-state index contributed by atoms with van der Waals surface area (Å²) >= 11 is 1.82. The quantitative estimate of drug-likeness (QED) is 0.838. The maximum Gasteiger partial charge on any atom is 0.138 e. The van der Waals surface area contributed by atoms with Gasteiger partial charge in [-0.05, 0) is 30.7 Å². The summed E-state index contributed by atoms with van der Waals surface area (Å²) in [6.07, 6.45) is 1.84. The molecule has 2 atom stereocenters. The van der Waals surface area contributed by atoms with Crippen LogP contribution in [0.4, 0.5) is 0 Å². The Morgan fingerprint density at radius 2 is 2.24 bits per heavy atom. The SMILES string of the molecule is CC1SCCCC1(O)c1cc2ccccc2o1. The van der Waals surface area contributed by atoms with E-state index >= 15 is 0 Å². The van der Waals surface area contributed by atoms with E-state index in [0.717, 1.165) is 35.3 Å². The highest BCUT2D eigenvalue weighted by atomic mass is 32.2. The van der Waals surface area contributed by atoms with Crippen molar-refractivity contribution in [3.63, 3.8) is 0 Å². The van der Waals surface area contributed by atoms with Crippen molar-refractivity contribution in [2.24, 2.45) is 0 Å². The Balaban J connectivity index is 2.07. The number of thioether (sulfide) groups is 1. The van der Waals surface area contributed by atoms with Gasteiger partial charge in [-0.1, -0.05) is 25.1 Å². The van der Waals surface area contributed by atoms with E-state index in [1.165, 1.54) is 0 Å². The summed E-state index contributed by atoms with van der Waals surface area (Å²) in [5.41, 5.74) is 0.0563. The van der Waals surface area contributed by atoms with E-state index in [1.54, 1.807) is 0 Å². The molecule has 3 heteroatoms. The number of hydrogen-bond acceptors (Lipinski definition) is 3. The molecule has 2 heterocycles. The topological polar surface area (TPSA) is 33.4 Å². The Kier molecular flexibility index (Phi) is 2.68. The summed E-state index contributed by atoms with van der Waals surface area (Å²) in [6, 6.07) is 9.90. The van der Waals surface area contributed by atoms with Gasteiger partial charge in [0.2, 0.25) is 0 Å². The van der Waals surface area contributed by atoms with Gasteiger partial charge in [0.15, 0.2) is 0 Å². The smallest absolute Gasteiger partial charge is 0.138 e. The number of para-hydroxylation sites is 1. The summed E-state index contributed by atoms with van der Waals surface area (Å²) in [7, 11) is 0. The van der Waals surface area contributed by atoms with Crippen molar-refractivity contribution in [1.29, 1.82) is 0 Å². The van der Waals surface area contributed by atoms with Gasteiger partial charge in [0.1, 0.15) is 16.9 Å². The molecule has 1 N–H and O–H groups in total. The molecule has 3 rings (SSSR count). The average molecular weight is 248 g/mol. The van der Waals surface area contributed by atoms with Crippen molar-refractivity contribution in [3.8, 4) is 0 Å². The van der Waals surface area contributed by atoms with E-state index in [1.807, 2.05) is 42.1 Å². The van der Waals surface area contributed by atoms with Crippen molar-refractivity contribution in [2.75, 3.05) is 5.75 Å². The van der Waals surface area contributed by atoms with E-state index < -0.39 is 5.60 Å². The van der Waals surface area contributed by atoms with Gasteiger partial charge in [-0.2, -0.15) is 11.8 Å². The van der Waals surface area contributed by atoms with Gasteiger partial charge in [0, 0.05) is 10.6 Å². The molecule has 1 aromatic heterocycles. The largest absolute Gasteiger partial charge is 0.458 e. The minimum absolute atomic E-state index is 0.191. The van der Waals surface area contributed by atoms with Crippen LogP contribution in [0.15, 0.2) is 34.7 Å². The van der Waals surface area contributed by atoms with Crippen LogP contribution in [-0.2, 0) is 5.60 Å². The lowest BCUT2D eigenvalue weighted by Gasteiger charge is -2.35. The van der Waals surface area contributed by atoms with Crippen molar-refractivity contribution >= 4 is 22.7 Å². The third kappa shape index (κ3) is 1.78. The van der Waals surface area contributed by atoms with Gasteiger partial charge in [-0.3, -0.25) is 0 Å². The number of rotatable bonds is 1. The van der Waals surface area contributed by atoms with Gasteiger partial charge < -0.3 is 9.52 Å². The van der Waals surface area contributed by atoms with Crippen LogP contribution in [0.25, 0.3) is 11.0 Å². The molecule has 0 amide bonds. The number of aliphatic hydroxyl groups is 1. The van der Waals surface area contributed by atoms with E-state index in [0.29, 0.717) is 0 Å². The Hall–Kier alpha value is -0.930. The molecule has 0 spiro atoms. The Labute approximate surface area is 105 Å². The van der Waals surface area contributed by atoms with Gasteiger partial charge >= 0.3 is 0 Å². The van der Waals surface area contributed by atoms with E-state index in [2.05, 4.69) is 6.92 Å². The molecule has 1 saturated heterocycles. The molecular weight excluding hydrogens is 232 g/mol. The standard InChI is InChI=1S/C14H16O2S/c1-10-14(15,7-4-8-17-10)13-9-11-5-2-3-6-12(11)16-13/h2-3,5-6,9-10,15H,4,7-8H2,1H3. The molecule has 0 aliphatic carbocycles. The third-order valence-electron chi connectivity index (χ3n) is 3.59. The molecule has 0 bridgehead atoms. The second kappa shape index (κ2) is 4.07. The predicted molar refractivity (Wildman–Crippen MR) is 71.3 cm³/mol. The fraction of sp³-hybridized carbons (Fsp3) is 0.429. The number of hydrogen-bond donors (Lipinski definition) is 1. The average Bonchev–Trinajstić information content (AvgIpc) is 2.77. The first-order chi connectivity index (χ1) is 8.20. The molecule has 0 radical (unpaired) electrons. The first kappa shape index (κ1) is 11.2. The van der Waals surface area contributed by atoms with Crippen molar-refractivity contribution < 1.29 is 9.52 Å². The van der Waals surface area contributed by atoms with Crippen LogP contribution in [0.3, 0.4) is 0 Å². The lowest BCUT2D eigenvalue weighted by Crippen LogP contribution is -2.38. The van der Waals surface area contributed by atoms with E-state index in [9.17, 15) is 5.11 Å². The van der Waals surface area contributed by atoms with E-state index in [-0.39, 0.29) is 5.25 Å². The highest BCUT2D eigenvalue weighted by Gasteiger charge is 2.41. The Morgan fingerprint density at radius 3 is 3.00 bits per heavy atom. The summed E-state index contributed by atoms with van der Waals surface area (Å²) in [4.78, 5) is 0. The maximum atomic E-state index is 10.8. The monoisotopic (exact) mass is 248 g/mol. The summed E-state index contributed by atoms with van der Waals surface area (Å²) in [5.74, 6) is 1.85. The highest BCUT2D eigenvalue weighted by molar-refractivity contribution is 8.00. The zero-order chi connectivity index (χ0) is 11.9. The molecular formula is C14H16O2S. The summed E-state index contributed by atoms with van der Waals surface area (Å²) < 4.78 is 5.82. The lowest BCUT2D eigenvalue weighted by molar-refractivity contribution is 0.00575. The van der Waals surface area contributed by atoms with Crippen LogP contribution in [0, 0.1) is 0 Å². The lowest BCUT2D eigenvalue weighted by atomic mass is 9.91. The van der Waals surface area contributed by atoms with Crippen LogP contribution in [0.5, 0.6) is 0 Å². The van der Waals surface area contributed by atoms with Gasteiger partial charge in [-0.25, -0.2) is 0 Å². The summed E-state index contributed by atoms with van der Waals surface area (Å²) in [6.45, 7) is 2.08. The van der Waals surface area contributed by atoms with Crippen LogP contribution in [0.1, 0.15) is 25.5 Å². The second-order valence-electron chi connectivity index (χ2n) is 4.69. The molecule has 1 fully saturated rings. The van der Waals surface area contributed by atoms with Gasteiger partial charge in [0.05, 0.1) is 0 Å². The number of fused-ring (bicyclic) bond motifs is 1. The number of benzene rings is 1. The van der Waals surface area contributed by atoms with Crippen LogP contribution in [0.2, 0.25) is 0 Å². The zero-order valence-corrected chi connectivity index (χ0v) is 10.7. The van der Waals surface area contributed by atoms with Crippen LogP contribution < -0.4 is 0 Å². The van der Waals surface area contributed by atoms with E-state index in [4.69, 9.17) is 4.42 Å². The predicted octanol–water partition coefficient (Wildman–Crippen LogP) is 3.54. The van der Waals surface area contributed by atoms with Crippen molar-refractivity contribution in [2.45, 2.75) is 30.6 Å². The molecule has 17 heavy (non-hydrogen) atoms. The molecule has 1 aromatic carbocycles. The number of furan rings is 1. The molecule has 2 unspecified atom stereocenters. The molecule has 0 saturated carbocycles. The van der Waals surface area contributed by atoms with Crippen LogP contribution >= 0.6 is 11.8 Å². The van der Waals surface area contributed by atoms with Crippen molar-refractivity contribution in [3.05, 3.63) is 36.1 Å². The fourth-order valence-electron chi connectivity index (χ4n) is 2.46. The molecule has 1 aliphatic heterocycles. The molecule has 1 aliphatic rings.